The third kappa shape index (κ3) is 3.26. The molecule has 2 heterocycles. The number of hydrogen-bond acceptors (Lipinski definition) is 7. The first-order chi connectivity index (χ1) is 10.0. The lowest BCUT2D eigenvalue weighted by molar-refractivity contribution is 0.0452. The van der Waals surface area contributed by atoms with Gasteiger partial charge < -0.3 is 9.26 Å². The van der Waals surface area contributed by atoms with Gasteiger partial charge in [0.2, 0.25) is 0 Å². The highest BCUT2D eigenvalue weighted by Gasteiger charge is 2.24. The average Bonchev–Trinajstić information content (AvgIpc) is 3.03. The fourth-order valence-electron chi connectivity index (χ4n) is 1.94. The van der Waals surface area contributed by atoms with Crippen molar-refractivity contribution in [1.82, 2.24) is 25.4 Å². The third-order valence-corrected chi connectivity index (χ3v) is 2.99. The Morgan fingerprint density at radius 3 is 2.86 bits per heavy atom. The molecule has 0 atom stereocenters. The molecule has 0 aliphatic heterocycles. The van der Waals surface area contributed by atoms with Crippen molar-refractivity contribution in [3.63, 3.8) is 0 Å². The van der Waals surface area contributed by atoms with Gasteiger partial charge in [-0.3, -0.25) is 0 Å². The van der Waals surface area contributed by atoms with Crippen LogP contribution in [-0.4, -0.2) is 31.3 Å². The maximum atomic E-state index is 12.2. The number of ether oxygens (including phenoxy) is 1. The summed E-state index contributed by atoms with van der Waals surface area (Å²) < 4.78 is 12.1. The van der Waals surface area contributed by atoms with Crippen LogP contribution >= 0.6 is 0 Å². The Kier molecular flexibility index (Phi) is 4.66. The van der Waals surface area contributed by atoms with Crippen molar-refractivity contribution in [3.8, 4) is 0 Å². The van der Waals surface area contributed by atoms with E-state index in [0.29, 0.717) is 29.4 Å². The molecular formula is C13H19N5O3. The topological polar surface area (TPSA) is 95.9 Å². The van der Waals surface area contributed by atoms with Gasteiger partial charge in [0.1, 0.15) is 5.56 Å². The Hall–Kier alpha value is -2.25. The van der Waals surface area contributed by atoms with Gasteiger partial charge in [0.25, 0.3) is 0 Å². The van der Waals surface area contributed by atoms with E-state index < -0.39 is 5.97 Å². The number of tetrazole rings is 1. The molecule has 8 nitrogen and oxygen atoms in total. The minimum Gasteiger partial charge on any atom is -0.454 e. The van der Waals surface area contributed by atoms with Crippen molar-refractivity contribution in [1.29, 1.82) is 0 Å². The second-order valence-electron chi connectivity index (χ2n) is 5.06. The minimum atomic E-state index is -0.469. The first-order valence-electron chi connectivity index (χ1n) is 6.92. The van der Waals surface area contributed by atoms with Gasteiger partial charge in [0.05, 0.1) is 5.69 Å². The van der Waals surface area contributed by atoms with Crippen LogP contribution < -0.4 is 0 Å². The highest BCUT2D eigenvalue weighted by atomic mass is 16.5. The number of esters is 1. The number of hydrogen-bond donors (Lipinski definition) is 0. The summed E-state index contributed by atoms with van der Waals surface area (Å²) >= 11 is 0. The molecule has 2 aromatic rings. The minimum absolute atomic E-state index is 0.0218. The number of nitrogens with zero attached hydrogens (tertiary/aromatic N) is 5. The zero-order valence-electron chi connectivity index (χ0n) is 12.7. The van der Waals surface area contributed by atoms with E-state index >= 15 is 0 Å². The lowest BCUT2D eigenvalue weighted by Crippen LogP contribution is -2.12. The molecule has 0 N–H and O–H groups in total. The zero-order valence-corrected chi connectivity index (χ0v) is 12.7. The summed E-state index contributed by atoms with van der Waals surface area (Å²) in [6, 6.07) is 0. The summed E-state index contributed by atoms with van der Waals surface area (Å²) in [5.74, 6) is 0.638. The molecule has 0 radical (unpaired) electrons. The van der Waals surface area contributed by atoms with Crippen molar-refractivity contribution >= 4 is 5.97 Å². The maximum Gasteiger partial charge on any atom is 0.344 e. The van der Waals surface area contributed by atoms with Crippen molar-refractivity contribution in [3.05, 3.63) is 22.8 Å². The number of rotatable bonds is 6. The van der Waals surface area contributed by atoms with Crippen molar-refractivity contribution in [2.75, 3.05) is 0 Å². The SMILES string of the molecule is CCCn1nnnc1COC(=O)c1c(C)noc1C(C)C. The molecule has 2 aromatic heterocycles. The van der Waals surface area contributed by atoms with E-state index in [4.69, 9.17) is 9.26 Å². The van der Waals surface area contributed by atoms with E-state index in [-0.39, 0.29) is 12.5 Å². The van der Waals surface area contributed by atoms with E-state index in [2.05, 4.69) is 20.7 Å². The summed E-state index contributed by atoms with van der Waals surface area (Å²) in [7, 11) is 0. The largest absolute Gasteiger partial charge is 0.454 e. The maximum absolute atomic E-state index is 12.2. The van der Waals surface area contributed by atoms with Gasteiger partial charge in [-0.2, -0.15) is 0 Å². The van der Waals surface area contributed by atoms with Crippen LogP contribution in [0.2, 0.25) is 0 Å². The van der Waals surface area contributed by atoms with Crippen LogP contribution in [0.5, 0.6) is 0 Å². The number of carbonyl (C=O) groups is 1. The summed E-state index contributed by atoms with van der Waals surface area (Å²) in [4.78, 5) is 12.2. The third-order valence-electron chi connectivity index (χ3n) is 2.99. The predicted octanol–water partition coefficient (Wildman–Crippen LogP) is 1.86. The standard InChI is InChI=1S/C13H19N5O3/c1-5-6-18-10(14-16-17-18)7-20-13(19)11-9(4)15-21-12(11)8(2)3/h8H,5-7H2,1-4H3. The van der Waals surface area contributed by atoms with Crippen molar-refractivity contribution in [2.45, 2.75) is 53.2 Å². The molecule has 0 amide bonds. The molecule has 0 aliphatic carbocycles. The Morgan fingerprint density at radius 2 is 2.19 bits per heavy atom. The number of aromatic nitrogens is 5. The van der Waals surface area contributed by atoms with Crippen LogP contribution in [0.25, 0.3) is 0 Å². The monoisotopic (exact) mass is 293 g/mol. The summed E-state index contributed by atoms with van der Waals surface area (Å²) in [6.45, 7) is 8.30. The fourth-order valence-corrected chi connectivity index (χ4v) is 1.94. The normalized spacial score (nSPS) is 11.1. The molecule has 0 spiro atoms. The van der Waals surface area contributed by atoms with Crippen LogP contribution in [0.15, 0.2) is 4.52 Å². The summed E-state index contributed by atoms with van der Waals surface area (Å²) in [5, 5.41) is 15.1. The Balaban J connectivity index is 2.08. The van der Waals surface area contributed by atoms with E-state index in [1.165, 1.54) is 0 Å². The first kappa shape index (κ1) is 15.1. The van der Waals surface area contributed by atoms with Crippen LogP contribution in [0.1, 0.15) is 60.7 Å². The summed E-state index contributed by atoms with van der Waals surface area (Å²) in [5.41, 5.74) is 0.913. The average molecular weight is 293 g/mol. The molecular weight excluding hydrogens is 274 g/mol. The molecule has 0 unspecified atom stereocenters. The van der Waals surface area contributed by atoms with Crippen LogP contribution in [-0.2, 0) is 17.9 Å². The van der Waals surface area contributed by atoms with Crippen molar-refractivity contribution < 1.29 is 14.1 Å². The van der Waals surface area contributed by atoms with Gasteiger partial charge in [0, 0.05) is 12.5 Å². The zero-order chi connectivity index (χ0) is 15.4. The van der Waals surface area contributed by atoms with Gasteiger partial charge in [0.15, 0.2) is 18.2 Å². The molecule has 0 saturated heterocycles. The second-order valence-corrected chi connectivity index (χ2v) is 5.06. The van der Waals surface area contributed by atoms with E-state index in [0.717, 1.165) is 6.42 Å². The second kappa shape index (κ2) is 6.47. The van der Waals surface area contributed by atoms with Crippen LogP contribution in [0.3, 0.4) is 0 Å². The highest BCUT2D eigenvalue weighted by Crippen LogP contribution is 2.23. The van der Waals surface area contributed by atoms with E-state index in [1.54, 1.807) is 11.6 Å². The van der Waals surface area contributed by atoms with Gasteiger partial charge in [-0.25, -0.2) is 9.48 Å². The lowest BCUT2D eigenvalue weighted by Gasteiger charge is -2.06. The van der Waals surface area contributed by atoms with Gasteiger partial charge in [-0.1, -0.05) is 25.9 Å². The number of aryl methyl sites for hydroxylation is 2. The molecule has 0 fully saturated rings. The smallest absolute Gasteiger partial charge is 0.344 e. The molecule has 0 saturated carbocycles. The van der Waals surface area contributed by atoms with E-state index in [9.17, 15) is 4.79 Å². The number of carbonyl (C=O) groups excluding carboxylic acids is 1. The first-order valence-corrected chi connectivity index (χ1v) is 6.92. The van der Waals surface area contributed by atoms with Gasteiger partial charge >= 0.3 is 5.97 Å². The Morgan fingerprint density at radius 1 is 1.43 bits per heavy atom. The molecule has 114 valence electrons. The Bertz CT molecular complexity index is 617. The van der Waals surface area contributed by atoms with Gasteiger partial charge in [-0.15, -0.1) is 5.10 Å². The predicted molar refractivity (Wildman–Crippen MR) is 72.6 cm³/mol. The molecule has 8 heteroatoms. The molecule has 21 heavy (non-hydrogen) atoms. The van der Waals surface area contributed by atoms with Crippen molar-refractivity contribution in [2.24, 2.45) is 0 Å². The lowest BCUT2D eigenvalue weighted by atomic mass is 10.1. The fraction of sp³-hybridized carbons (Fsp3) is 0.615. The van der Waals surface area contributed by atoms with E-state index in [1.807, 2.05) is 20.8 Å². The van der Waals surface area contributed by atoms with Gasteiger partial charge in [-0.05, 0) is 23.8 Å². The molecule has 0 bridgehead atoms. The van der Waals surface area contributed by atoms with Crippen LogP contribution in [0, 0.1) is 6.92 Å². The highest BCUT2D eigenvalue weighted by molar-refractivity contribution is 5.91. The molecule has 2 rings (SSSR count). The quantitative estimate of drug-likeness (QED) is 0.750. The summed E-state index contributed by atoms with van der Waals surface area (Å²) in [6.07, 6.45) is 0.897. The Labute approximate surface area is 122 Å². The molecule has 0 aromatic carbocycles. The molecule has 0 aliphatic rings. The van der Waals surface area contributed by atoms with Crippen LogP contribution in [0.4, 0.5) is 0 Å².